The Morgan fingerprint density at radius 1 is 1.42 bits per heavy atom. The fourth-order valence-electron chi connectivity index (χ4n) is 2.41. The first-order valence-corrected chi connectivity index (χ1v) is 8.82. The normalized spacial score (nSPS) is 23.7. The molecule has 7 heteroatoms. The van der Waals surface area contributed by atoms with Crippen LogP contribution >= 0.6 is 11.8 Å². The first kappa shape index (κ1) is 14.6. The van der Waals surface area contributed by atoms with E-state index in [2.05, 4.69) is 4.72 Å². The fourth-order valence-corrected chi connectivity index (χ4v) is 4.93. The Morgan fingerprint density at radius 2 is 2.16 bits per heavy atom. The minimum atomic E-state index is -3.91. The van der Waals surface area contributed by atoms with Gasteiger partial charge in [0.05, 0.1) is 5.69 Å². The summed E-state index contributed by atoms with van der Waals surface area (Å²) in [6, 6.07) is 3.73. The zero-order valence-electron chi connectivity index (χ0n) is 10.6. The van der Waals surface area contributed by atoms with E-state index in [0.29, 0.717) is 0 Å². The lowest BCUT2D eigenvalue weighted by molar-refractivity contribution is 0.540. The maximum atomic E-state index is 13.7. The minimum Gasteiger partial charge on any atom is -0.398 e. The van der Waals surface area contributed by atoms with Gasteiger partial charge in [-0.15, -0.1) is 0 Å². The van der Waals surface area contributed by atoms with E-state index in [-0.39, 0.29) is 17.0 Å². The third-order valence-corrected chi connectivity index (χ3v) is 6.08. The van der Waals surface area contributed by atoms with Crippen molar-refractivity contribution >= 4 is 27.5 Å². The zero-order chi connectivity index (χ0) is 14.0. The molecule has 0 spiro atoms. The molecule has 0 bridgehead atoms. The smallest absolute Gasteiger partial charge is 0.245 e. The maximum Gasteiger partial charge on any atom is 0.245 e. The number of nitrogens with one attached hydrogen (secondary N) is 1. The highest BCUT2D eigenvalue weighted by Gasteiger charge is 2.32. The zero-order valence-corrected chi connectivity index (χ0v) is 12.2. The Morgan fingerprint density at radius 3 is 2.79 bits per heavy atom. The van der Waals surface area contributed by atoms with Gasteiger partial charge in [0.15, 0.2) is 0 Å². The van der Waals surface area contributed by atoms with Crippen LogP contribution in [0.4, 0.5) is 10.1 Å². The fraction of sp³-hybridized carbons (Fsp3) is 0.500. The summed E-state index contributed by atoms with van der Waals surface area (Å²) in [5, 5.41) is 0.239. The van der Waals surface area contributed by atoms with Crippen LogP contribution in [0.5, 0.6) is 0 Å². The molecule has 1 aliphatic rings. The highest BCUT2D eigenvalue weighted by atomic mass is 32.2. The summed E-state index contributed by atoms with van der Waals surface area (Å²) in [6.45, 7) is 0. The molecule has 4 nitrogen and oxygen atoms in total. The summed E-state index contributed by atoms with van der Waals surface area (Å²) in [5.74, 6) is -0.814. The summed E-state index contributed by atoms with van der Waals surface area (Å²) >= 11 is 1.63. The summed E-state index contributed by atoms with van der Waals surface area (Å²) in [7, 11) is -3.91. The Hall–Kier alpha value is -0.790. The molecule has 19 heavy (non-hydrogen) atoms. The van der Waals surface area contributed by atoms with Gasteiger partial charge < -0.3 is 5.73 Å². The van der Waals surface area contributed by atoms with Crippen molar-refractivity contribution in [3.05, 3.63) is 24.0 Å². The van der Waals surface area contributed by atoms with Crippen LogP contribution in [0.15, 0.2) is 23.1 Å². The van der Waals surface area contributed by atoms with Crippen LogP contribution in [0.2, 0.25) is 0 Å². The Bertz CT molecular complexity index is 543. The van der Waals surface area contributed by atoms with Gasteiger partial charge in [0, 0.05) is 11.3 Å². The first-order valence-electron chi connectivity index (χ1n) is 6.05. The van der Waals surface area contributed by atoms with Gasteiger partial charge in [-0.3, -0.25) is 0 Å². The molecule has 106 valence electrons. The van der Waals surface area contributed by atoms with E-state index in [9.17, 15) is 12.8 Å². The Balaban J connectivity index is 2.28. The van der Waals surface area contributed by atoms with Crippen molar-refractivity contribution in [1.29, 1.82) is 0 Å². The lowest BCUT2D eigenvalue weighted by Crippen LogP contribution is -2.39. The standard InChI is InChI=1S/C12H17FN2O2S2/c1-18-11-7-3-6-10(11)15-19(16,17)12-8(13)4-2-5-9(12)14/h2,4-5,10-11,15H,3,6-7,14H2,1H3. The van der Waals surface area contributed by atoms with Crippen molar-refractivity contribution in [2.24, 2.45) is 0 Å². The number of sulfonamides is 1. The van der Waals surface area contributed by atoms with E-state index in [1.165, 1.54) is 12.1 Å². The predicted molar refractivity (Wildman–Crippen MR) is 76.1 cm³/mol. The SMILES string of the molecule is CSC1CCCC1NS(=O)(=O)c1c(N)cccc1F. The van der Waals surface area contributed by atoms with Gasteiger partial charge in [0.2, 0.25) is 10.0 Å². The monoisotopic (exact) mass is 304 g/mol. The van der Waals surface area contributed by atoms with Gasteiger partial charge in [0.1, 0.15) is 10.7 Å². The van der Waals surface area contributed by atoms with Crippen molar-refractivity contribution < 1.29 is 12.8 Å². The Labute approximate surface area is 117 Å². The molecule has 2 atom stereocenters. The quantitative estimate of drug-likeness (QED) is 0.834. The van der Waals surface area contributed by atoms with Crippen LogP contribution in [-0.4, -0.2) is 26.0 Å². The topological polar surface area (TPSA) is 72.2 Å². The molecular formula is C12H17FN2O2S2. The largest absolute Gasteiger partial charge is 0.398 e. The third kappa shape index (κ3) is 3.04. The lowest BCUT2D eigenvalue weighted by Gasteiger charge is -2.19. The number of hydrogen-bond acceptors (Lipinski definition) is 4. The van der Waals surface area contributed by atoms with Gasteiger partial charge >= 0.3 is 0 Å². The van der Waals surface area contributed by atoms with Crippen LogP contribution in [0.1, 0.15) is 19.3 Å². The number of anilines is 1. The second kappa shape index (κ2) is 5.68. The van der Waals surface area contributed by atoms with Crippen molar-refractivity contribution in [1.82, 2.24) is 4.72 Å². The van der Waals surface area contributed by atoms with Gasteiger partial charge in [-0.25, -0.2) is 17.5 Å². The van der Waals surface area contributed by atoms with E-state index in [4.69, 9.17) is 5.73 Å². The van der Waals surface area contributed by atoms with E-state index < -0.39 is 20.7 Å². The van der Waals surface area contributed by atoms with Crippen molar-refractivity contribution in [2.75, 3.05) is 12.0 Å². The molecular weight excluding hydrogens is 287 g/mol. The lowest BCUT2D eigenvalue weighted by atomic mass is 10.3. The highest BCUT2D eigenvalue weighted by molar-refractivity contribution is 7.99. The number of hydrogen-bond donors (Lipinski definition) is 2. The second-order valence-electron chi connectivity index (χ2n) is 4.59. The van der Waals surface area contributed by atoms with Crippen LogP contribution in [0.3, 0.4) is 0 Å². The number of halogens is 1. The number of nitrogens with two attached hydrogens (primary N) is 1. The molecule has 0 radical (unpaired) electrons. The van der Waals surface area contributed by atoms with Gasteiger partial charge in [-0.2, -0.15) is 11.8 Å². The summed E-state index contributed by atoms with van der Waals surface area (Å²) in [4.78, 5) is -0.443. The average Bonchev–Trinajstić information content (AvgIpc) is 2.74. The molecule has 2 unspecified atom stereocenters. The molecule has 3 N–H and O–H groups in total. The molecule has 0 amide bonds. The van der Waals surface area contributed by atoms with E-state index in [1.807, 2.05) is 6.26 Å². The van der Waals surface area contributed by atoms with Crippen LogP contribution in [0, 0.1) is 5.82 Å². The highest BCUT2D eigenvalue weighted by Crippen LogP contribution is 2.30. The summed E-state index contributed by atoms with van der Waals surface area (Å²) in [5.41, 5.74) is 5.52. The molecule has 1 aromatic rings. The molecule has 0 aromatic heterocycles. The molecule has 2 rings (SSSR count). The molecule has 0 heterocycles. The first-order chi connectivity index (χ1) is 8.95. The number of thioether (sulfide) groups is 1. The third-order valence-electron chi connectivity index (χ3n) is 3.33. The van der Waals surface area contributed by atoms with Gasteiger partial charge in [0.25, 0.3) is 0 Å². The van der Waals surface area contributed by atoms with E-state index in [1.54, 1.807) is 11.8 Å². The van der Waals surface area contributed by atoms with Gasteiger partial charge in [-0.1, -0.05) is 12.5 Å². The average molecular weight is 304 g/mol. The van der Waals surface area contributed by atoms with Crippen molar-refractivity contribution in [3.8, 4) is 0 Å². The summed E-state index contributed by atoms with van der Waals surface area (Å²) in [6.07, 6.45) is 4.68. The predicted octanol–water partition coefficient (Wildman–Crippen LogP) is 1.97. The summed E-state index contributed by atoms with van der Waals surface area (Å²) < 4.78 is 40.8. The maximum absolute atomic E-state index is 13.7. The number of benzene rings is 1. The van der Waals surface area contributed by atoms with Crippen LogP contribution < -0.4 is 10.5 Å². The Kier molecular flexibility index (Phi) is 4.37. The van der Waals surface area contributed by atoms with Gasteiger partial charge in [-0.05, 0) is 31.2 Å². The molecule has 1 aromatic carbocycles. The van der Waals surface area contributed by atoms with Crippen LogP contribution in [0.25, 0.3) is 0 Å². The number of rotatable bonds is 4. The van der Waals surface area contributed by atoms with Crippen molar-refractivity contribution in [3.63, 3.8) is 0 Å². The van der Waals surface area contributed by atoms with Crippen molar-refractivity contribution in [2.45, 2.75) is 35.4 Å². The van der Waals surface area contributed by atoms with Crippen LogP contribution in [-0.2, 0) is 10.0 Å². The molecule has 0 aliphatic heterocycles. The van der Waals surface area contributed by atoms with E-state index in [0.717, 1.165) is 25.3 Å². The molecule has 1 saturated carbocycles. The second-order valence-corrected chi connectivity index (χ2v) is 7.32. The van der Waals surface area contributed by atoms with E-state index >= 15 is 0 Å². The molecule has 0 saturated heterocycles. The number of nitrogen functional groups attached to an aromatic ring is 1. The molecule has 1 aliphatic carbocycles. The minimum absolute atomic E-state index is 0.0637. The molecule has 1 fully saturated rings.